The molecule has 8 heteroatoms. The van der Waals surface area contributed by atoms with Gasteiger partial charge in [0.15, 0.2) is 5.13 Å². The van der Waals surface area contributed by atoms with Crippen LogP contribution in [0, 0.1) is 6.92 Å². The monoisotopic (exact) mass is 402 g/mol. The van der Waals surface area contributed by atoms with Gasteiger partial charge >= 0.3 is 0 Å². The van der Waals surface area contributed by atoms with Gasteiger partial charge in [-0.1, -0.05) is 24.3 Å². The number of ether oxygens (including phenoxy) is 1. The third-order valence-corrected chi connectivity index (χ3v) is 5.51. The van der Waals surface area contributed by atoms with Crippen LogP contribution in [0.2, 0.25) is 0 Å². The lowest BCUT2D eigenvalue weighted by Gasteiger charge is -2.14. The molecule has 3 N–H and O–H groups in total. The number of amides is 2. The van der Waals surface area contributed by atoms with Crippen molar-refractivity contribution in [3.63, 3.8) is 0 Å². The summed E-state index contributed by atoms with van der Waals surface area (Å²) >= 11 is 1.29. The number of anilines is 2. The molecule has 28 heavy (non-hydrogen) atoms. The van der Waals surface area contributed by atoms with Crippen molar-refractivity contribution in [2.45, 2.75) is 45.2 Å². The van der Waals surface area contributed by atoms with Crippen LogP contribution in [0.3, 0.4) is 0 Å². The van der Waals surface area contributed by atoms with Gasteiger partial charge < -0.3 is 20.7 Å². The molecule has 1 fully saturated rings. The predicted octanol–water partition coefficient (Wildman–Crippen LogP) is 3.43. The number of rotatable bonds is 9. The molecule has 0 radical (unpaired) electrons. The highest BCUT2D eigenvalue weighted by Crippen LogP contribution is 2.24. The normalized spacial score (nSPS) is 14.4. The Morgan fingerprint density at radius 2 is 2.11 bits per heavy atom. The highest BCUT2D eigenvalue weighted by molar-refractivity contribution is 7.17. The summed E-state index contributed by atoms with van der Waals surface area (Å²) in [6, 6.07) is 5.78. The highest BCUT2D eigenvalue weighted by Gasteiger charge is 2.24. The van der Waals surface area contributed by atoms with Crippen LogP contribution >= 0.6 is 11.3 Å². The maximum absolute atomic E-state index is 12.6. The second-order valence-corrected chi connectivity index (χ2v) is 8.00. The molecule has 1 saturated carbocycles. The molecule has 1 heterocycles. The summed E-state index contributed by atoms with van der Waals surface area (Å²) in [5, 5.41) is 9.82. The van der Waals surface area contributed by atoms with E-state index in [1.807, 2.05) is 13.0 Å². The Labute approximate surface area is 168 Å². The van der Waals surface area contributed by atoms with Crippen molar-refractivity contribution in [2.75, 3.05) is 24.4 Å². The van der Waals surface area contributed by atoms with E-state index in [1.165, 1.54) is 11.3 Å². The first kappa shape index (κ1) is 20.3. The van der Waals surface area contributed by atoms with Gasteiger partial charge in [-0.2, -0.15) is 0 Å². The van der Waals surface area contributed by atoms with Gasteiger partial charge in [-0.15, -0.1) is 0 Å². The predicted molar refractivity (Wildman–Crippen MR) is 111 cm³/mol. The Balaban J connectivity index is 1.66. The van der Waals surface area contributed by atoms with Gasteiger partial charge in [-0.05, 0) is 43.9 Å². The second-order valence-electron chi connectivity index (χ2n) is 6.97. The zero-order chi connectivity index (χ0) is 20.1. The molecule has 150 valence electrons. The van der Waals surface area contributed by atoms with Crippen molar-refractivity contribution in [2.24, 2.45) is 0 Å². The van der Waals surface area contributed by atoms with Gasteiger partial charge in [-0.25, -0.2) is 4.98 Å². The molecule has 0 spiro atoms. The molecule has 7 nitrogen and oxygen atoms in total. The molecule has 2 aromatic rings. The van der Waals surface area contributed by atoms with Crippen LogP contribution in [0.25, 0.3) is 0 Å². The first-order valence-electron chi connectivity index (χ1n) is 9.44. The van der Waals surface area contributed by atoms with Crippen LogP contribution in [0.4, 0.5) is 10.8 Å². The number of hydrogen-bond acceptors (Lipinski definition) is 6. The topological polar surface area (TPSA) is 92.3 Å². The third-order valence-electron chi connectivity index (χ3n) is 4.58. The Morgan fingerprint density at radius 1 is 1.32 bits per heavy atom. The molecule has 1 atom stereocenters. The fraction of sp³-hybridized carbons (Fsp3) is 0.450. The molecular formula is C20H26N4O3S. The van der Waals surface area contributed by atoms with E-state index >= 15 is 0 Å². The number of methoxy groups -OCH3 is 1. The van der Waals surface area contributed by atoms with Gasteiger partial charge in [-0.3, -0.25) is 9.59 Å². The van der Waals surface area contributed by atoms with E-state index in [-0.39, 0.29) is 17.9 Å². The van der Waals surface area contributed by atoms with Crippen LogP contribution in [0.1, 0.15) is 51.8 Å². The summed E-state index contributed by atoms with van der Waals surface area (Å²) in [5.41, 5.74) is 2.07. The molecular weight excluding hydrogens is 376 g/mol. The van der Waals surface area contributed by atoms with E-state index in [1.54, 1.807) is 25.4 Å². The van der Waals surface area contributed by atoms with Gasteiger partial charge in [0.25, 0.3) is 11.8 Å². The minimum atomic E-state index is -0.242. The number of aryl methyl sites for hydroxylation is 1. The minimum Gasteiger partial charge on any atom is -0.383 e. The van der Waals surface area contributed by atoms with E-state index in [0.717, 1.165) is 24.8 Å². The zero-order valence-electron chi connectivity index (χ0n) is 16.4. The van der Waals surface area contributed by atoms with E-state index in [2.05, 4.69) is 27.9 Å². The molecule has 1 aromatic heterocycles. The summed E-state index contributed by atoms with van der Waals surface area (Å²) in [7, 11) is 1.66. The SMILES string of the molecule is CCC(COC)Nc1ncc(C(=O)Nc2cc(C(=O)NC3CC3)ccc2C)s1. The van der Waals surface area contributed by atoms with Crippen LogP contribution in [0.5, 0.6) is 0 Å². The molecule has 3 rings (SSSR count). The van der Waals surface area contributed by atoms with Crippen LogP contribution in [-0.2, 0) is 4.74 Å². The molecule has 0 saturated heterocycles. The quantitative estimate of drug-likeness (QED) is 0.598. The summed E-state index contributed by atoms with van der Waals surface area (Å²) < 4.78 is 5.17. The largest absolute Gasteiger partial charge is 0.383 e. The van der Waals surface area contributed by atoms with Gasteiger partial charge in [0.2, 0.25) is 0 Å². The number of benzene rings is 1. The molecule has 2 amide bonds. The fourth-order valence-electron chi connectivity index (χ4n) is 2.66. The molecule has 0 bridgehead atoms. The van der Waals surface area contributed by atoms with Crippen molar-refractivity contribution in [3.8, 4) is 0 Å². The van der Waals surface area contributed by atoms with Gasteiger partial charge in [0.1, 0.15) is 4.88 Å². The standard InChI is InChI=1S/C20H26N4O3S/c1-4-14(11-27-3)23-20-21-10-17(28-20)19(26)24-16-9-13(6-5-12(16)2)18(25)22-15-7-8-15/h5-6,9-10,14-15H,4,7-8,11H2,1-3H3,(H,21,23)(H,22,25)(H,24,26). The average Bonchev–Trinajstić information content (AvgIpc) is 3.37. The highest BCUT2D eigenvalue weighted by atomic mass is 32.1. The number of thiazole rings is 1. The number of nitrogens with one attached hydrogen (secondary N) is 3. The lowest BCUT2D eigenvalue weighted by Crippen LogP contribution is -2.25. The lowest BCUT2D eigenvalue weighted by molar-refractivity contribution is 0.0949. The Morgan fingerprint density at radius 3 is 2.79 bits per heavy atom. The van der Waals surface area contributed by atoms with Gasteiger partial charge in [0, 0.05) is 24.4 Å². The Bertz CT molecular complexity index is 848. The van der Waals surface area contributed by atoms with Crippen LogP contribution in [0.15, 0.2) is 24.4 Å². The molecule has 1 aliphatic carbocycles. The summed E-state index contributed by atoms with van der Waals surface area (Å²) in [6.07, 6.45) is 4.52. The average molecular weight is 403 g/mol. The van der Waals surface area contributed by atoms with E-state index in [9.17, 15) is 9.59 Å². The molecule has 0 aliphatic heterocycles. The van der Waals surface area contributed by atoms with Crippen LogP contribution in [-0.4, -0.2) is 42.6 Å². The first-order valence-corrected chi connectivity index (χ1v) is 10.3. The maximum atomic E-state index is 12.6. The number of carbonyl (C=O) groups is 2. The van der Waals surface area contributed by atoms with Crippen molar-refractivity contribution in [1.29, 1.82) is 0 Å². The number of carbonyl (C=O) groups excluding carboxylic acids is 2. The summed E-state index contributed by atoms with van der Waals surface area (Å²) in [6.45, 7) is 4.54. The van der Waals surface area contributed by atoms with E-state index < -0.39 is 0 Å². The van der Waals surface area contributed by atoms with Gasteiger partial charge in [0.05, 0.1) is 18.8 Å². The number of hydrogen-bond donors (Lipinski definition) is 3. The van der Waals surface area contributed by atoms with Crippen LogP contribution < -0.4 is 16.0 Å². The maximum Gasteiger partial charge on any atom is 0.267 e. The van der Waals surface area contributed by atoms with E-state index in [4.69, 9.17) is 4.74 Å². The number of nitrogens with zero attached hydrogens (tertiary/aromatic N) is 1. The lowest BCUT2D eigenvalue weighted by atomic mass is 10.1. The Hall–Kier alpha value is -2.45. The van der Waals surface area contributed by atoms with Crippen molar-refractivity contribution < 1.29 is 14.3 Å². The first-order chi connectivity index (χ1) is 13.5. The molecule has 1 aromatic carbocycles. The third kappa shape index (κ3) is 5.30. The minimum absolute atomic E-state index is 0.106. The van der Waals surface area contributed by atoms with Crippen molar-refractivity contribution >= 4 is 34.0 Å². The number of aromatic nitrogens is 1. The smallest absolute Gasteiger partial charge is 0.267 e. The molecule has 1 unspecified atom stereocenters. The summed E-state index contributed by atoms with van der Waals surface area (Å²) in [5.74, 6) is -0.348. The summed E-state index contributed by atoms with van der Waals surface area (Å²) in [4.78, 5) is 29.7. The van der Waals surface area contributed by atoms with E-state index in [0.29, 0.717) is 33.9 Å². The molecule has 1 aliphatic rings. The van der Waals surface area contributed by atoms with Crippen molar-refractivity contribution in [3.05, 3.63) is 40.4 Å². The fourth-order valence-corrected chi connectivity index (χ4v) is 3.45. The Kier molecular flexibility index (Phi) is 6.64. The zero-order valence-corrected chi connectivity index (χ0v) is 17.2. The van der Waals surface area contributed by atoms with Crippen molar-refractivity contribution in [1.82, 2.24) is 10.3 Å². The second kappa shape index (κ2) is 9.16.